The number of benzene rings is 1. The molecule has 0 spiro atoms. The summed E-state index contributed by atoms with van der Waals surface area (Å²) in [7, 11) is 0. The summed E-state index contributed by atoms with van der Waals surface area (Å²) in [5.74, 6) is 0. The van der Waals surface area contributed by atoms with E-state index in [1.165, 1.54) is 4.57 Å². The molecule has 2 aromatic rings. The van der Waals surface area contributed by atoms with Gasteiger partial charge in [0.05, 0.1) is 15.9 Å². The molecule has 1 aromatic heterocycles. The Morgan fingerprint density at radius 3 is 2.80 bits per heavy atom. The molecule has 0 amide bonds. The summed E-state index contributed by atoms with van der Waals surface area (Å²) in [5.41, 5.74) is -0.277. The number of hydrogen-bond donors (Lipinski definition) is 1. The van der Waals surface area contributed by atoms with Crippen molar-refractivity contribution in [3.8, 4) is 0 Å². The number of aromatic nitrogens is 2. The van der Waals surface area contributed by atoms with Gasteiger partial charge >= 0.3 is 5.69 Å². The van der Waals surface area contributed by atoms with Crippen LogP contribution >= 0.6 is 11.6 Å². The van der Waals surface area contributed by atoms with Gasteiger partial charge in [0.25, 0.3) is 5.56 Å². The summed E-state index contributed by atoms with van der Waals surface area (Å²) in [4.78, 5) is 25.2. The third kappa shape index (κ3) is 1.47. The van der Waals surface area contributed by atoms with Crippen molar-refractivity contribution in [2.24, 2.45) is 0 Å². The predicted molar refractivity (Wildman–Crippen MR) is 59.5 cm³/mol. The quantitative estimate of drug-likeness (QED) is 0.795. The van der Waals surface area contributed by atoms with Gasteiger partial charge in [0.15, 0.2) is 0 Å². The van der Waals surface area contributed by atoms with Crippen LogP contribution in [0, 0.1) is 0 Å². The van der Waals surface area contributed by atoms with Crippen LogP contribution in [0.15, 0.2) is 27.8 Å². The molecule has 0 bridgehead atoms. The number of nitrogens with zero attached hydrogens (tertiary/aromatic N) is 1. The summed E-state index contributed by atoms with van der Waals surface area (Å²) in [5, 5.41) is 0.719. The molecule has 0 aliphatic heterocycles. The smallest absolute Gasteiger partial charge is 0.294 e. The first-order valence-electron chi connectivity index (χ1n) is 4.56. The van der Waals surface area contributed by atoms with Gasteiger partial charge in [0.1, 0.15) is 0 Å². The lowest BCUT2D eigenvalue weighted by atomic mass is 10.2. The third-order valence-corrected chi connectivity index (χ3v) is 2.61. The van der Waals surface area contributed by atoms with Gasteiger partial charge in [-0.05, 0) is 19.1 Å². The van der Waals surface area contributed by atoms with Crippen molar-refractivity contribution < 1.29 is 0 Å². The molecular weight excluding hydrogens is 216 g/mol. The number of rotatable bonds is 1. The van der Waals surface area contributed by atoms with Crippen molar-refractivity contribution in [2.75, 3.05) is 0 Å². The average molecular weight is 225 g/mol. The lowest BCUT2D eigenvalue weighted by Gasteiger charge is -2.06. The molecule has 0 aliphatic rings. The Labute approximate surface area is 90.1 Å². The highest BCUT2D eigenvalue weighted by Crippen LogP contribution is 2.17. The second kappa shape index (κ2) is 3.55. The number of nitrogens with one attached hydrogen (secondary N) is 1. The lowest BCUT2D eigenvalue weighted by Crippen LogP contribution is -2.29. The summed E-state index contributed by atoms with van der Waals surface area (Å²) >= 11 is 5.91. The Hall–Kier alpha value is -1.55. The molecule has 1 aromatic carbocycles. The molecule has 0 saturated heterocycles. The molecule has 0 radical (unpaired) electrons. The fraction of sp³-hybridized carbons (Fsp3) is 0.200. The van der Waals surface area contributed by atoms with Crippen LogP contribution in [0.4, 0.5) is 0 Å². The Morgan fingerprint density at radius 1 is 1.40 bits per heavy atom. The number of aromatic amines is 1. The zero-order chi connectivity index (χ0) is 11.0. The van der Waals surface area contributed by atoms with E-state index in [9.17, 15) is 9.59 Å². The van der Waals surface area contributed by atoms with Gasteiger partial charge in [-0.15, -0.1) is 0 Å². The van der Waals surface area contributed by atoms with Gasteiger partial charge in [-0.3, -0.25) is 14.3 Å². The van der Waals surface area contributed by atoms with Crippen molar-refractivity contribution >= 4 is 22.5 Å². The summed E-state index contributed by atoms with van der Waals surface area (Å²) in [6.45, 7) is 2.33. The van der Waals surface area contributed by atoms with Crippen molar-refractivity contribution in [1.82, 2.24) is 9.55 Å². The van der Waals surface area contributed by atoms with Crippen molar-refractivity contribution in [3.05, 3.63) is 44.1 Å². The topological polar surface area (TPSA) is 54.9 Å². The van der Waals surface area contributed by atoms with Crippen LogP contribution in [-0.4, -0.2) is 9.55 Å². The number of hydrogen-bond acceptors (Lipinski definition) is 2. The van der Waals surface area contributed by atoms with Gasteiger partial charge in [0.2, 0.25) is 0 Å². The Morgan fingerprint density at radius 2 is 2.13 bits per heavy atom. The molecule has 2 rings (SSSR count). The maximum absolute atomic E-state index is 11.5. The summed E-state index contributed by atoms with van der Waals surface area (Å²) in [6.07, 6.45) is 0. The normalized spacial score (nSPS) is 10.8. The summed E-state index contributed by atoms with van der Waals surface area (Å²) < 4.78 is 1.47. The highest BCUT2D eigenvalue weighted by Gasteiger charge is 2.08. The molecule has 15 heavy (non-hydrogen) atoms. The molecule has 1 heterocycles. The average Bonchev–Trinajstić information content (AvgIpc) is 2.17. The van der Waals surface area contributed by atoms with Gasteiger partial charge in [-0.1, -0.05) is 17.7 Å². The minimum Gasteiger partial charge on any atom is -0.294 e. The van der Waals surface area contributed by atoms with Crippen molar-refractivity contribution in [3.63, 3.8) is 0 Å². The maximum Gasteiger partial charge on any atom is 0.328 e. The first-order chi connectivity index (χ1) is 7.15. The maximum atomic E-state index is 11.5. The first kappa shape index (κ1) is 9.98. The number of aryl methyl sites for hydroxylation is 1. The van der Waals surface area contributed by atoms with Crippen LogP contribution in [0.5, 0.6) is 0 Å². The second-order valence-corrected chi connectivity index (χ2v) is 3.54. The van der Waals surface area contributed by atoms with Gasteiger partial charge in [-0.25, -0.2) is 4.79 Å². The minimum absolute atomic E-state index is 0.357. The minimum atomic E-state index is -0.440. The van der Waals surface area contributed by atoms with Gasteiger partial charge in [-0.2, -0.15) is 0 Å². The van der Waals surface area contributed by atoms with Gasteiger partial charge < -0.3 is 0 Å². The van der Waals surface area contributed by atoms with Crippen molar-refractivity contribution in [2.45, 2.75) is 13.5 Å². The van der Waals surface area contributed by atoms with E-state index in [0.29, 0.717) is 22.5 Å². The van der Waals surface area contributed by atoms with E-state index in [-0.39, 0.29) is 0 Å². The number of H-pyrrole nitrogens is 1. The standard InChI is InChI=1S/C10H9ClN2O2/c1-2-13-7-5-3-4-6(11)8(7)9(14)12-10(13)15/h3-5H,2H2,1H3,(H,12,14,15). The van der Waals surface area contributed by atoms with Crippen LogP contribution in [-0.2, 0) is 6.54 Å². The number of fused-ring (bicyclic) bond motifs is 1. The molecule has 0 aliphatic carbocycles. The monoisotopic (exact) mass is 224 g/mol. The largest absolute Gasteiger partial charge is 0.328 e. The van der Waals surface area contributed by atoms with E-state index in [1.54, 1.807) is 18.2 Å². The molecule has 5 heteroatoms. The SMILES string of the molecule is CCn1c(=O)[nH]c(=O)c2c(Cl)cccc21. The molecular formula is C10H9ClN2O2. The van der Waals surface area contributed by atoms with Crippen LogP contribution in [0.25, 0.3) is 10.9 Å². The fourth-order valence-corrected chi connectivity index (χ4v) is 1.87. The highest BCUT2D eigenvalue weighted by atomic mass is 35.5. The molecule has 0 fully saturated rings. The third-order valence-electron chi connectivity index (χ3n) is 2.29. The zero-order valence-corrected chi connectivity index (χ0v) is 8.84. The molecule has 0 atom stereocenters. The highest BCUT2D eigenvalue weighted by molar-refractivity contribution is 6.35. The van der Waals surface area contributed by atoms with E-state index >= 15 is 0 Å². The van der Waals surface area contributed by atoms with E-state index in [0.717, 1.165) is 0 Å². The molecule has 4 nitrogen and oxygen atoms in total. The van der Waals surface area contributed by atoms with Crippen LogP contribution in [0.2, 0.25) is 5.02 Å². The second-order valence-electron chi connectivity index (χ2n) is 3.14. The fourth-order valence-electron chi connectivity index (χ4n) is 1.61. The molecule has 78 valence electrons. The van der Waals surface area contributed by atoms with Crippen LogP contribution in [0.1, 0.15) is 6.92 Å². The zero-order valence-electron chi connectivity index (χ0n) is 8.08. The summed E-state index contributed by atoms with van der Waals surface area (Å²) in [6, 6.07) is 5.06. The molecule has 0 saturated carbocycles. The Bertz CT molecular complexity index is 627. The van der Waals surface area contributed by atoms with Gasteiger partial charge in [0, 0.05) is 6.54 Å². The Kier molecular flexibility index (Phi) is 2.36. The van der Waals surface area contributed by atoms with E-state index in [2.05, 4.69) is 4.98 Å². The van der Waals surface area contributed by atoms with E-state index in [1.807, 2.05) is 6.92 Å². The Balaban J connectivity index is 3.10. The van der Waals surface area contributed by atoms with Crippen molar-refractivity contribution in [1.29, 1.82) is 0 Å². The molecule has 0 unspecified atom stereocenters. The first-order valence-corrected chi connectivity index (χ1v) is 4.94. The predicted octanol–water partition coefficient (Wildman–Crippen LogP) is 1.36. The molecule has 1 N–H and O–H groups in total. The van der Waals surface area contributed by atoms with Crippen LogP contribution < -0.4 is 11.2 Å². The van der Waals surface area contributed by atoms with E-state index < -0.39 is 11.2 Å². The van der Waals surface area contributed by atoms with E-state index in [4.69, 9.17) is 11.6 Å². The van der Waals surface area contributed by atoms with Crippen LogP contribution in [0.3, 0.4) is 0 Å². The lowest BCUT2D eigenvalue weighted by molar-refractivity contribution is 0.727. The number of halogens is 1.